The van der Waals surface area contributed by atoms with Gasteiger partial charge in [0.1, 0.15) is 11.6 Å². The van der Waals surface area contributed by atoms with Crippen LogP contribution in [-0.4, -0.2) is 17.0 Å². The van der Waals surface area contributed by atoms with Crippen LogP contribution in [0.4, 0.5) is 5.82 Å². The predicted molar refractivity (Wildman–Crippen MR) is 69.8 cm³/mol. The molecule has 4 heteroatoms. The molecule has 0 bridgehead atoms. The first-order chi connectivity index (χ1) is 7.49. The van der Waals surface area contributed by atoms with E-state index in [0.717, 1.165) is 28.2 Å². The number of hydrogen-bond acceptors (Lipinski definition) is 3. The number of aromatic nitrogens is 2. The van der Waals surface area contributed by atoms with Gasteiger partial charge in [0.25, 0.3) is 0 Å². The van der Waals surface area contributed by atoms with E-state index in [1.165, 1.54) is 6.42 Å². The summed E-state index contributed by atoms with van der Waals surface area (Å²) in [5, 5.41) is 3.12. The molecule has 0 radical (unpaired) electrons. The third kappa shape index (κ3) is 1.95. The second kappa shape index (κ2) is 3.99. The Hall–Kier alpha value is -0.640. The van der Waals surface area contributed by atoms with Crippen LogP contribution < -0.4 is 5.32 Å². The molecule has 1 saturated carbocycles. The maximum Gasteiger partial charge on any atom is 0.144 e. The predicted octanol–water partition coefficient (Wildman–Crippen LogP) is 3.36. The molecule has 88 valence electrons. The summed E-state index contributed by atoms with van der Waals surface area (Å²) in [5.74, 6) is 2.43. The summed E-state index contributed by atoms with van der Waals surface area (Å²) in [5.41, 5.74) is 1.47. The minimum Gasteiger partial charge on any atom is -0.372 e. The first-order valence-electron chi connectivity index (χ1n) is 5.73. The van der Waals surface area contributed by atoms with E-state index in [0.29, 0.717) is 11.3 Å². The molecule has 0 saturated heterocycles. The molecule has 16 heavy (non-hydrogen) atoms. The Kier molecular flexibility index (Phi) is 2.95. The highest BCUT2D eigenvalue weighted by molar-refractivity contribution is 9.10. The van der Waals surface area contributed by atoms with Gasteiger partial charge in [-0.25, -0.2) is 9.97 Å². The van der Waals surface area contributed by atoms with Gasteiger partial charge in [0.05, 0.1) is 10.2 Å². The van der Waals surface area contributed by atoms with Crippen molar-refractivity contribution in [2.75, 3.05) is 12.4 Å². The zero-order valence-electron chi connectivity index (χ0n) is 10.3. The van der Waals surface area contributed by atoms with Gasteiger partial charge in [-0.3, -0.25) is 0 Å². The van der Waals surface area contributed by atoms with Crippen molar-refractivity contribution in [1.29, 1.82) is 0 Å². The molecule has 1 unspecified atom stereocenters. The molecule has 1 atom stereocenters. The summed E-state index contributed by atoms with van der Waals surface area (Å²) >= 11 is 3.55. The molecule has 1 heterocycles. The fraction of sp³-hybridized carbons (Fsp3) is 0.667. The summed E-state index contributed by atoms with van der Waals surface area (Å²) in [6.07, 6.45) is 2.12. The lowest BCUT2D eigenvalue weighted by atomic mass is 10.1. The minimum absolute atomic E-state index is 0.379. The maximum atomic E-state index is 4.66. The molecule has 0 aromatic carbocycles. The van der Waals surface area contributed by atoms with Gasteiger partial charge in [-0.2, -0.15) is 0 Å². The Morgan fingerprint density at radius 2 is 2.06 bits per heavy atom. The van der Waals surface area contributed by atoms with Crippen LogP contribution in [0.1, 0.15) is 44.6 Å². The van der Waals surface area contributed by atoms with Gasteiger partial charge in [-0.1, -0.05) is 20.8 Å². The van der Waals surface area contributed by atoms with E-state index in [9.17, 15) is 0 Å². The van der Waals surface area contributed by atoms with Crippen molar-refractivity contribution in [1.82, 2.24) is 9.97 Å². The van der Waals surface area contributed by atoms with E-state index in [2.05, 4.69) is 52.0 Å². The molecule has 1 aromatic rings. The third-order valence-corrected chi connectivity index (χ3v) is 4.17. The van der Waals surface area contributed by atoms with Crippen molar-refractivity contribution in [3.05, 3.63) is 16.0 Å². The molecule has 0 amide bonds. The Balaban J connectivity index is 2.40. The normalized spacial score (nSPS) is 21.9. The summed E-state index contributed by atoms with van der Waals surface area (Å²) in [4.78, 5) is 9.25. The fourth-order valence-corrected chi connectivity index (χ4v) is 2.63. The molecule has 1 N–H and O–H groups in total. The van der Waals surface area contributed by atoms with Crippen molar-refractivity contribution >= 4 is 21.7 Å². The van der Waals surface area contributed by atoms with E-state index < -0.39 is 0 Å². The number of halogens is 1. The Bertz CT molecular complexity index is 390. The van der Waals surface area contributed by atoms with E-state index in [4.69, 9.17) is 0 Å². The van der Waals surface area contributed by atoms with Crippen molar-refractivity contribution in [3.63, 3.8) is 0 Å². The van der Waals surface area contributed by atoms with Gasteiger partial charge in [-0.05, 0) is 34.2 Å². The third-order valence-electron chi connectivity index (χ3n) is 3.33. The van der Waals surface area contributed by atoms with Crippen LogP contribution in [0.15, 0.2) is 4.47 Å². The number of anilines is 1. The monoisotopic (exact) mass is 283 g/mol. The van der Waals surface area contributed by atoms with Gasteiger partial charge >= 0.3 is 0 Å². The van der Waals surface area contributed by atoms with Gasteiger partial charge in [0.15, 0.2) is 0 Å². The average molecular weight is 284 g/mol. The molecular weight excluding hydrogens is 266 g/mol. The number of rotatable bonds is 3. The molecular formula is C12H18BrN3. The number of aryl methyl sites for hydroxylation is 1. The molecule has 1 aliphatic carbocycles. The smallest absolute Gasteiger partial charge is 0.144 e. The topological polar surface area (TPSA) is 37.8 Å². The Morgan fingerprint density at radius 3 is 2.50 bits per heavy atom. The summed E-state index contributed by atoms with van der Waals surface area (Å²) < 4.78 is 1.000. The zero-order valence-corrected chi connectivity index (χ0v) is 11.8. The molecule has 1 aromatic heterocycles. The average Bonchev–Trinajstić information content (AvgIpc) is 2.88. The molecule has 1 aliphatic rings. The summed E-state index contributed by atoms with van der Waals surface area (Å²) in [7, 11) is 1.90. The highest BCUT2D eigenvalue weighted by atomic mass is 79.9. The van der Waals surface area contributed by atoms with Crippen LogP contribution in [0.25, 0.3) is 0 Å². The van der Waals surface area contributed by atoms with Gasteiger partial charge in [0, 0.05) is 13.0 Å². The van der Waals surface area contributed by atoms with Crippen molar-refractivity contribution < 1.29 is 0 Å². The van der Waals surface area contributed by atoms with Crippen molar-refractivity contribution in [2.45, 2.75) is 39.5 Å². The van der Waals surface area contributed by atoms with E-state index >= 15 is 0 Å². The lowest BCUT2D eigenvalue weighted by Gasteiger charge is -2.10. The summed E-state index contributed by atoms with van der Waals surface area (Å²) in [6, 6.07) is 0. The zero-order chi connectivity index (χ0) is 11.9. The molecule has 3 nitrogen and oxygen atoms in total. The molecule has 1 fully saturated rings. The first-order valence-corrected chi connectivity index (χ1v) is 6.53. The number of hydrogen-bond donors (Lipinski definition) is 1. The summed E-state index contributed by atoms with van der Waals surface area (Å²) in [6.45, 7) is 6.66. The van der Waals surface area contributed by atoms with Gasteiger partial charge in [-0.15, -0.1) is 0 Å². The number of nitrogens with one attached hydrogen (secondary N) is 1. The Labute approximate surface area is 105 Å². The fourth-order valence-electron chi connectivity index (χ4n) is 1.98. The van der Waals surface area contributed by atoms with Crippen LogP contribution >= 0.6 is 15.9 Å². The lowest BCUT2D eigenvalue weighted by molar-refractivity contribution is 0.607. The standard InChI is InChI=1S/C12H18BrN3/c1-5-8-9(13)11(14-4)16-10(15-8)7-6-12(7,2)3/h7H,5-6H2,1-4H3,(H,14,15,16). The minimum atomic E-state index is 0.379. The first kappa shape index (κ1) is 11.8. The lowest BCUT2D eigenvalue weighted by Crippen LogP contribution is -2.06. The molecule has 0 aliphatic heterocycles. The SMILES string of the molecule is CCc1nc(C2CC2(C)C)nc(NC)c1Br. The van der Waals surface area contributed by atoms with Crippen LogP contribution in [-0.2, 0) is 6.42 Å². The van der Waals surface area contributed by atoms with Crippen LogP contribution in [0.5, 0.6) is 0 Å². The highest BCUT2D eigenvalue weighted by Gasteiger charge is 2.48. The Morgan fingerprint density at radius 1 is 1.44 bits per heavy atom. The highest BCUT2D eigenvalue weighted by Crippen LogP contribution is 2.57. The van der Waals surface area contributed by atoms with Crippen LogP contribution in [0, 0.1) is 5.41 Å². The van der Waals surface area contributed by atoms with E-state index in [-0.39, 0.29) is 0 Å². The van der Waals surface area contributed by atoms with E-state index in [1.807, 2.05) is 7.05 Å². The van der Waals surface area contributed by atoms with E-state index in [1.54, 1.807) is 0 Å². The van der Waals surface area contributed by atoms with Gasteiger partial charge in [0.2, 0.25) is 0 Å². The van der Waals surface area contributed by atoms with Crippen molar-refractivity contribution in [2.24, 2.45) is 5.41 Å². The largest absolute Gasteiger partial charge is 0.372 e. The quantitative estimate of drug-likeness (QED) is 0.925. The second-order valence-corrected chi connectivity index (χ2v) is 5.83. The number of nitrogens with zero attached hydrogens (tertiary/aromatic N) is 2. The van der Waals surface area contributed by atoms with Crippen molar-refractivity contribution in [3.8, 4) is 0 Å². The molecule has 2 rings (SSSR count). The van der Waals surface area contributed by atoms with Gasteiger partial charge < -0.3 is 5.32 Å². The van der Waals surface area contributed by atoms with Crippen LogP contribution in [0.2, 0.25) is 0 Å². The van der Waals surface area contributed by atoms with Crippen LogP contribution in [0.3, 0.4) is 0 Å². The second-order valence-electron chi connectivity index (χ2n) is 5.04. The maximum absolute atomic E-state index is 4.66. The molecule has 0 spiro atoms.